The van der Waals surface area contributed by atoms with Crippen molar-refractivity contribution >= 4 is 0 Å². The minimum Gasteiger partial charge on any atom is -0.319 e. The van der Waals surface area contributed by atoms with Gasteiger partial charge < -0.3 is 5.32 Å². The molecular formula is C11H15F2N. The van der Waals surface area contributed by atoms with Crippen LogP contribution in [-0.2, 0) is 5.41 Å². The van der Waals surface area contributed by atoms with Gasteiger partial charge in [0.2, 0.25) is 0 Å². The first kappa shape index (κ1) is 11.1. The SMILES string of the molecule is CNCC(C)(C)c1ccc(F)c(F)c1. The molecule has 0 aliphatic carbocycles. The number of halogens is 2. The zero-order valence-electron chi connectivity index (χ0n) is 8.70. The lowest BCUT2D eigenvalue weighted by molar-refractivity contribution is 0.474. The predicted molar refractivity (Wildman–Crippen MR) is 53.3 cm³/mol. The Kier molecular flexibility index (Phi) is 3.21. The third kappa shape index (κ3) is 2.29. The fourth-order valence-corrected chi connectivity index (χ4v) is 1.46. The zero-order chi connectivity index (χ0) is 10.8. The number of likely N-dealkylation sites (N-methyl/N-ethyl adjacent to an activating group) is 1. The molecule has 1 N–H and O–H groups in total. The van der Waals surface area contributed by atoms with E-state index in [2.05, 4.69) is 5.32 Å². The van der Waals surface area contributed by atoms with Gasteiger partial charge in [-0.2, -0.15) is 0 Å². The Morgan fingerprint density at radius 1 is 1.21 bits per heavy atom. The number of nitrogens with one attached hydrogen (secondary N) is 1. The summed E-state index contributed by atoms with van der Waals surface area (Å²) in [7, 11) is 1.83. The number of benzene rings is 1. The summed E-state index contributed by atoms with van der Waals surface area (Å²) in [5.41, 5.74) is 0.606. The molecule has 14 heavy (non-hydrogen) atoms. The molecule has 0 amide bonds. The van der Waals surface area contributed by atoms with Crippen LogP contribution in [0.25, 0.3) is 0 Å². The van der Waals surface area contributed by atoms with E-state index in [1.54, 1.807) is 6.07 Å². The predicted octanol–water partition coefficient (Wildman–Crippen LogP) is 2.46. The quantitative estimate of drug-likeness (QED) is 0.788. The van der Waals surface area contributed by atoms with Crippen molar-refractivity contribution in [2.24, 2.45) is 0 Å². The monoisotopic (exact) mass is 199 g/mol. The average molecular weight is 199 g/mol. The second-order valence-corrected chi connectivity index (χ2v) is 4.04. The van der Waals surface area contributed by atoms with Gasteiger partial charge in [0.05, 0.1) is 0 Å². The lowest BCUT2D eigenvalue weighted by Crippen LogP contribution is -2.30. The Morgan fingerprint density at radius 3 is 2.36 bits per heavy atom. The molecule has 0 heterocycles. The molecule has 1 rings (SSSR count). The van der Waals surface area contributed by atoms with Crippen molar-refractivity contribution in [1.82, 2.24) is 5.32 Å². The van der Waals surface area contributed by atoms with E-state index < -0.39 is 11.6 Å². The molecule has 0 unspecified atom stereocenters. The summed E-state index contributed by atoms with van der Waals surface area (Å²) in [5.74, 6) is -1.58. The maximum Gasteiger partial charge on any atom is 0.159 e. The van der Waals surface area contributed by atoms with E-state index in [1.165, 1.54) is 12.1 Å². The van der Waals surface area contributed by atoms with Crippen LogP contribution in [0.3, 0.4) is 0 Å². The Labute approximate surface area is 83.1 Å². The van der Waals surface area contributed by atoms with Crippen molar-refractivity contribution in [2.75, 3.05) is 13.6 Å². The van der Waals surface area contributed by atoms with Crippen molar-refractivity contribution in [1.29, 1.82) is 0 Å². The van der Waals surface area contributed by atoms with Gasteiger partial charge in [-0.3, -0.25) is 0 Å². The van der Waals surface area contributed by atoms with E-state index in [-0.39, 0.29) is 5.41 Å². The summed E-state index contributed by atoms with van der Waals surface area (Å²) in [6.45, 7) is 4.68. The molecule has 3 heteroatoms. The fraction of sp³-hybridized carbons (Fsp3) is 0.455. The molecule has 0 saturated heterocycles. The van der Waals surface area contributed by atoms with Crippen LogP contribution in [0.2, 0.25) is 0 Å². The Bertz CT molecular complexity index is 321. The van der Waals surface area contributed by atoms with Gasteiger partial charge in [-0.25, -0.2) is 8.78 Å². The average Bonchev–Trinajstić information content (AvgIpc) is 2.09. The smallest absolute Gasteiger partial charge is 0.159 e. The van der Waals surface area contributed by atoms with Crippen LogP contribution in [0, 0.1) is 11.6 Å². The number of hydrogen-bond donors (Lipinski definition) is 1. The molecule has 1 aromatic carbocycles. The molecule has 0 aromatic heterocycles. The standard InChI is InChI=1S/C11H15F2N/c1-11(2,7-14-3)8-4-5-9(12)10(13)6-8/h4-6,14H,7H2,1-3H3. The second kappa shape index (κ2) is 4.05. The van der Waals surface area contributed by atoms with E-state index >= 15 is 0 Å². The largest absolute Gasteiger partial charge is 0.319 e. The van der Waals surface area contributed by atoms with Crippen LogP contribution < -0.4 is 5.32 Å². The first-order chi connectivity index (χ1) is 6.47. The van der Waals surface area contributed by atoms with E-state index in [1.807, 2.05) is 20.9 Å². The highest BCUT2D eigenvalue weighted by Crippen LogP contribution is 2.23. The molecule has 1 aromatic rings. The van der Waals surface area contributed by atoms with Crippen LogP contribution in [-0.4, -0.2) is 13.6 Å². The molecule has 1 nitrogen and oxygen atoms in total. The third-order valence-corrected chi connectivity index (χ3v) is 2.32. The van der Waals surface area contributed by atoms with Crippen molar-refractivity contribution in [2.45, 2.75) is 19.3 Å². The van der Waals surface area contributed by atoms with Crippen LogP contribution >= 0.6 is 0 Å². The normalized spacial score (nSPS) is 11.8. The Balaban J connectivity index is 3.01. The summed E-state index contributed by atoms with van der Waals surface area (Å²) >= 11 is 0. The van der Waals surface area contributed by atoms with Gasteiger partial charge in [-0.05, 0) is 24.7 Å². The van der Waals surface area contributed by atoms with Crippen molar-refractivity contribution in [3.05, 3.63) is 35.4 Å². The first-order valence-electron chi connectivity index (χ1n) is 4.57. The van der Waals surface area contributed by atoms with Gasteiger partial charge >= 0.3 is 0 Å². The van der Waals surface area contributed by atoms with E-state index in [0.717, 1.165) is 12.1 Å². The minimum atomic E-state index is -0.797. The number of rotatable bonds is 3. The lowest BCUT2D eigenvalue weighted by atomic mass is 9.84. The molecule has 0 radical (unpaired) electrons. The van der Waals surface area contributed by atoms with Crippen molar-refractivity contribution in [3.8, 4) is 0 Å². The molecule has 0 bridgehead atoms. The molecule has 0 atom stereocenters. The highest BCUT2D eigenvalue weighted by molar-refractivity contribution is 5.25. The molecule has 0 spiro atoms. The van der Waals surface area contributed by atoms with E-state index in [9.17, 15) is 8.78 Å². The minimum absolute atomic E-state index is 0.191. The third-order valence-electron chi connectivity index (χ3n) is 2.32. The van der Waals surface area contributed by atoms with Crippen molar-refractivity contribution in [3.63, 3.8) is 0 Å². The van der Waals surface area contributed by atoms with E-state index in [4.69, 9.17) is 0 Å². The molecule has 0 aliphatic heterocycles. The molecule has 78 valence electrons. The maximum absolute atomic E-state index is 13.0. The first-order valence-corrected chi connectivity index (χ1v) is 4.57. The molecule has 0 fully saturated rings. The molecule has 0 aliphatic rings. The topological polar surface area (TPSA) is 12.0 Å². The van der Waals surface area contributed by atoms with Crippen LogP contribution in [0.1, 0.15) is 19.4 Å². The summed E-state index contributed by atoms with van der Waals surface area (Å²) < 4.78 is 25.6. The van der Waals surface area contributed by atoms with Gasteiger partial charge in [-0.15, -0.1) is 0 Å². The summed E-state index contributed by atoms with van der Waals surface area (Å²) in [6.07, 6.45) is 0. The zero-order valence-corrected chi connectivity index (χ0v) is 8.70. The van der Waals surface area contributed by atoms with Crippen LogP contribution in [0.15, 0.2) is 18.2 Å². The van der Waals surface area contributed by atoms with Gasteiger partial charge in [0.1, 0.15) is 0 Å². The van der Waals surface area contributed by atoms with Gasteiger partial charge in [0.25, 0.3) is 0 Å². The summed E-state index contributed by atoms with van der Waals surface area (Å²) in [4.78, 5) is 0. The second-order valence-electron chi connectivity index (χ2n) is 4.04. The van der Waals surface area contributed by atoms with Gasteiger partial charge in [0, 0.05) is 12.0 Å². The summed E-state index contributed by atoms with van der Waals surface area (Å²) in [6, 6.07) is 4.05. The maximum atomic E-state index is 13.0. The molecule has 0 saturated carbocycles. The lowest BCUT2D eigenvalue weighted by Gasteiger charge is -2.24. The van der Waals surface area contributed by atoms with Gasteiger partial charge in [-0.1, -0.05) is 19.9 Å². The highest BCUT2D eigenvalue weighted by Gasteiger charge is 2.20. The molecular weight excluding hydrogens is 184 g/mol. The Morgan fingerprint density at radius 2 is 1.86 bits per heavy atom. The highest BCUT2D eigenvalue weighted by atomic mass is 19.2. The fourth-order valence-electron chi connectivity index (χ4n) is 1.46. The van der Waals surface area contributed by atoms with Gasteiger partial charge in [0.15, 0.2) is 11.6 Å². The number of hydrogen-bond acceptors (Lipinski definition) is 1. The van der Waals surface area contributed by atoms with Crippen LogP contribution in [0.5, 0.6) is 0 Å². The Hall–Kier alpha value is -0.960. The van der Waals surface area contributed by atoms with Crippen molar-refractivity contribution < 1.29 is 8.78 Å². The van der Waals surface area contributed by atoms with E-state index in [0.29, 0.717) is 0 Å². The summed E-state index contributed by atoms with van der Waals surface area (Å²) in [5, 5.41) is 3.02. The van der Waals surface area contributed by atoms with Crippen LogP contribution in [0.4, 0.5) is 8.78 Å².